The fourth-order valence-corrected chi connectivity index (χ4v) is 2.93. The predicted molar refractivity (Wildman–Crippen MR) is 68.9 cm³/mol. The van der Waals surface area contributed by atoms with E-state index in [9.17, 15) is 17.6 Å². The molecule has 19 heavy (non-hydrogen) atoms. The number of carbonyl (C=O) groups is 1. The smallest absolute Gasteiger partial charge is 0.321 e. The van der Waals surface area contributed by atoms with Gasteiger partial charge >= 0.3 is 5.97 Å². The van der Waals surface area contributed by atoms with E-state index in [1.165, 1.54) is 11.8 Å². The summed E-state index contributed by atoms with van der Waals surface area (Å²) in [5.41, 5.74) is 0. The number of aliphatic carboxylic acids is 1. The average Bonchev–Trinajstić information content (AvgIpc) is 2.34. The second-order valence-electron chi connectivity index (χ2n) is 3.63. The zero-order valence-corrected chi connectivity index (χ0v) is 11.7. The Bertz CT molecular complexity index is 550. The van der Waals surface area contributed by atoms with Gasteiger partial charge in [-0.3, -0.25) is 9.78 Å². The van der Waals surface area contributed by atoms with E-state index in [0.717, 1.165) is 18.5 Å². The van der Waals surface area contributed by atoms with Crippen LogP contribution in [-0.4, -0.2) is 42.5 Å². The monoisotopic (exact) mass is 308 g/mol. The first-order valence-electron chi connectivity index (χ1n) is 5.21. The Morgan fingerprint density at radius 3 is 2.79 bits per heavy atom. The van der Waals surface area contributed by atoms with Crippen LogP contribution in [0.15, 0.2) is 23.4 Å². The van der Waals surface area contributed by atoms with Gasteiger partial charge in [-0.25, -0.2) is 12.8 Å². The van der Waals surface area contributed by atoms with Gasteiger partial charge in [0.05, 0.1) is 6.20 Å². The molecule has 0 fully saturated rings. The highest BCUT2D eigenvalue weighted by Gasteiger charge is 2.25. The minimum Gasteiger partial charge on any atom is -0.480 e. The van der Waals surface area contributed by atoms with Crippen molar-refractivity contribution in [3.8, 4) is 0 Å². The lowest BCUT2D eigenvalue weighted by atomic mass is 10.2. The van der Waals surface area contributed by atoms with E-state index in [-0.39, 0.29) is 6.42 Å². The number of carboxylic acid groups (broad SMARTS) is 1. The van der Waals surface area contributed by atoms with Crippen LogP contribution in [0.1, 0.15) is 6.42 Å². The standard InChI is InChI=1S/C10H13FN2O4S2/c1-18-3-2-9(10(14)15)13-19(16,17)8-4-7(11)5-12-6-8/h4-6,9,13H,2-3H2,1H3,(H,14,15)/t9-/m0/s1. The lowest BCUT2D eigenvalue weighted by Gasteiger charge is -2.14. The van der Waals surface area contributed by atoms with Gasteiger partial charge in [-0.05, 0) is 24.5 Å². The number of thioether (sulfide) groups is 1. The van der Waals surface area contributed by atoms with Gasteiger partial charge in [0.1, 0.15) is 16.8 Å². The molecule has 0 amide bonds. The Labute approximate surface area is 114 Å². The summed E-state index contributed by atoms with van der Waals surface area (Å²) in [6, 6.07) is -0.469. The SMILES string of the molecule is CSCC[C@H](NS(=O)(=O)c1cncc(F)c1)C(=O)O. The van der Waals surface area contributed by atoms with Crippen LogP contribution in [-0.2, 0) is 14.8 Å². The Balaban J connectivity index is 2.91. The summed E-state index contributed by atoms with van der Waals surface area (Å²) in [6.45, 7) is 0. The van der Waals surface area contributed by atoms with Crippen molar-refractivity contribution in [1.82, 2.24) is 9.71 Å². The van der Waals surface area contributed by atoms with Gasteiger partial charge in [0.2, 0.25) is 10.0 Å². The van der Waals surface area contributed by atoms with Crippen LogP contribution >= 0.6 is 11.8 Å². The van der Waals surface area contributed by atoms with Gasteiger partial charge < -0.3 is 5.11 Å². The van der Waals surface area contributed by atoms with Crippen LogP contribution in [0.25, 0.3) is 0 Å². The van der Waals surface area contributed by atoms with Crippen molar-refractivity contribution < 1.29 is 22.7 Å². The number of nitrogens with zero attached hydrogens (tertiary/aromatic N) is 1. The van der Waals surface area contributed by atoms with E-state index in [1.807, 2.05) is 4.72 Å². The van der Waals surface area contributed by atoms with E-state index in [4.69, 9.17) is 5.11 Å². The van der Waals surface area contributed by atoms with Crippen molar-refractivity contribution in [1.29, 1.82) is 0 Å². The molecule has 0 aromatic carbocycles. The van der Waals surface area contributed by atoms with E-state index >= 15 is 0 Å². The largest absolute Gasteiger partial charge is 0.480 e. The maximum Gasteiger partial charge on any atom is 0.321 e. The normalized spacial score (nSPS) is 13.2. The maximum atomic E-state index is 12.9. The van der Waals surface area contributed by atoms with Crippen LogP contribution < -0.4 is 4.72 Å². The molecule has 0 aliphatic rings. The summed E-state index contributed by atoms with van der Waals surface area (Å²) in [4.78, 5) is 14.0. The van der Waals surface area contributed by atoms with E-state index in [2.05, 4.69) is 4.98 Å². The molecule has 0 saturated carbocycles. The van der Waals surface area contributed by atoms with Crippen molar-refractivity contribution in [2.45, 2.75) is 17.4 Å². The third-order valence-electron chi connectivity index (χ3n) is 2.20. The lowest BCUT2D eigenvalue weighted by molar-refractivity contribution is -0.139. The number of hydrogen-bond acceptors (Lipinski definition) is 5. The molecule has 0 saturated heterocycles. The first-order valence-corrected chi connectivity index (χ1v) is 8.09. The molecule has 1 aromatic rings. The highest BCUT2D eigenvalue weighted by atomic mass is 32.2. The fourth-order valence-electron chi connectivity index (χ4n) is 1.26. The molecular weight excluding hydrogens is 295 g/mol. The molecular formula is C10H13FN2O4S2. The van der Waals surface area contributed by atoms with Crippen molar-refractivity contribution >= 4 is 27.8 Å². The van der Waals surface area contributed by atoms with Crippen molar-refractivity contribution in [3.63, 3.8) is 0 Å². The number of nitrogens with one attached hydrogen (secondary N) is 1. The second-order valence-corrected chi connectivity index (χ2v) is 6.33. The Morgan fingerprint density at radius 2 is 2.26 bits per heavy atom. The van der Waals surface area contributed by atoms with Crippen LogP contribution in [0.2, 0.25) is 0 Å². The molecule has 0 spiro atoms. The molecule has 0 bridgehead atoms. The van der Waals surface area contributed by atoms with Gasteiger partial charge in [-0.15, -0.1) is 0 Å². The fraction of sp³-hybridized carbons (Fsp3) is 0.400. The van der Waals surface area contributed by atoms with Gasteiger partial charge in [0.15, 0.2) is 0 Å². The first kappa shape index (κ1) is 15.9. The summed E-state index contributed by atoms with van der Waals surface area (Å²) in [7, 11) is -4.10. The molecule has 1 aromatic heterocycles. The van der Waals surface area contributed by atoms with Gasteiger partial charge in [0.25, 0.3) is 0 Å². The molecule has 0 radical (unpaired) electrons. The van der Waals surface area contributed by atoms with E-state index in [0.29, 0.717) is 5.75 Å². The molecule has 0 aliphatic carbocycles. The molecule has 1 atom stereocenters. The molecule has 1 heterocycles. The van der Waals surface area contributed by atoms with Crippen LogP contribution in [0, 0.1) is 5.82 Å². The quantitative estimate of drug-likeness (QED) is 0.770. The third-order valence-corrected chi connectivity index (χ3v) is 4.28. The number of carboxylic acids is 1. The molecule has 0 unspecified atom stereocenters. The number of rotatable bonds is 7. The number of sulfonamides is 1. The Hall–Kier alpha value is -1.19. The van der Waals surface area contributed by atoms with Crippen LogP contribution in [0.5, 0.6) is 0 Å². The minimum absolute atomic E-state index is 0.137. The van der Waals surface area contributed by atoms with Gasteiger partial charge in [0, 0.05) is 6.20 Å². The number of hydrogen-bond donors (Lipinski definition) is 2. The highest BCUT2D eigenvalue weighted by Crippen LogP contribution is 2.11. The second kappa shape index (κ2) is 6.83. The summed E-state index contributed by atoms with van der Waals surface area (Å²) in [5, 5.41) is 8.94. The van der Waals surface area contributed by atoms with Crippen LogP contribution in [0.4, 0.5) is 4.39 Å². The van der Waals surface area contributed by atoms with Gasteiger partial charge in [-0.1, -0.05) is 0 Å². The number of halogens is 1. The van der Waals surface area contributed by atoms with Crippen molar-refractivity contribution in [2.24, 2.45) is 0 Å². The molecule has 106 valence electrons. The van der Waals surface area contributed by atoms with Crippen molar-refractivity contribution in [3.05, 3.63) is 24.3 Å². The van der Waals surface area contributed by atoms with E-state index in [1.54, 1.807) is 6.26 Å². The topological polar surface area (TPSA) is 96.4 Å². The molecule has 2 N–H and O–H groups in total. The Kier molecular flexibility index (Phi) is 5.70. The summed E-state index contributed by atoms with van der Waals surface area (Å²) in [6.07, 6.45) is 3.74. The number of pyridine rings is 1. The molecule has 6 nitrogen and oxygen atoms in total. The summed E-state index contributed by atoms with van der Waals surface area (Å²) >= 11 is 1.40. The highest BCUT2D eigenvalue weighted by molar-refractivity contribution is 7.98. The first-order chi connectivity index (χ1) is 8.86. The molecule has 0 aliphatic heterocycles. The average molecular weight is 308 g/mol. The van der Waals surface area contributed by atoms with Gasteiger partial charge in [-0.2, -0.15) is 16.5 Å². The minimum atomic E-state index is -4.10. The van der Waals surface area contributed by atoms with Crippen LogP contribution in [0.3, 0.4) is 0 Å². The molecule has 1 rings (SSSR count). The predicted octanol–water partition coefficient (Wildman–Crippen LogP) is 0.705. The zero-order valence-electron chi connectivity index (χ0n) is 10.0. The molecule has 9 heteroatoms. The van der Waals surface area contributed by atoms with E-state index < -0.39 is 32.7 Å². The zero-order chi connectivity index (χ0) is 14.5. The third kappa shape index (κ3) is 4.77. The van der Waals surface area contributed by atoms with Crippen molar-refractivity contribution in [2.75, 3.05) is 12.0 Å². The summed E-state index contributed by atoms with van der Waals surface area (Å²) < 4.78 is 38.7. The maximum absolute atomic E-state index is 12.9. The lowest BCUT2D eigenvalue weighted by Crippen LogP contribution is -2.41. The Morgan fingerprint density at radius 1 is 1.58 bits per heavy atom. The number of aromatic nitrogens is 1. The summed E-state index contributed by atoms with van der Waals surface area (Å²) in [5.74, 6) is -1.60.